The second-order valence-electron chi connectivity index (χ2n) is 7.17. The van der Waals surface area contributed by atoms with E-state index in [-0.39, 0.29) is 19.7 Å². The summed E-state index contributed by atoms with van der Waals surface area (Å²) in [5.41, 5.74) is 0.265. The molecule has 1 N–H and O–H groups in total. The Balaban J connectivity index is 1.89. The zero-order chi connectivity index (χ0) is 18.6. The van der Waals surface area contributed by atoms with Gasteiger partial charge in [0, 0.05) is 13.6 Å². The van der Waals surface area contributed by atoms with E-state index in [1.807, 2.05) is 30.3 Å². The van der Waals surface area contributed by atoms with Crippen molar-refractivity contribution in [1.29, 1.82) is 0 Å². The third-order valence-electron chi connectivity index (χ3n) is 3.90. The van der Waals surface area contributed by atoms with Crippen molar-refractivity contribution in [3.05, 3.63) is 35.9 Å². The van der Waals surface area contributed by atoms with Gasteiger partial charge in [0.05, 0.1) is 18.7 Å². The molecule has 138 valence electrons. The summed E-state index contributed by atoms with van der Waals surface area (Å²) in [5, 5.41) is 10.2. The highest BCUT2D eigenvalue weighted by Gasteiger charge is 2.40. The van der Waals surface area contributed by atoms with Crippen LogP contribution in [0.5, 0.6) is 0 Å². The first kappa shape index (κ1) is 19.1. The Morgan fingerprint density at radius 3 is 2.48 bits per heavy atom. The summed E-state index contributed by atoms with van der Waals surface area (Å²) in [4.78, 5) is 27.1. The molecule has 0 aromatic heterocycles. The van der Waals surface area contributed by atoms with Crippen LogP contribution in [0.15, 0.2) is 30.3 Å². The summed E-state index contributed by atoms with van der Waals surface area (Å²) < 4.78 is 10.6. The van der Waals surface area contributed by atoms with Crippen LogP contribution >= 0.6 is 0 Å². The number of aliphatic hydroxyl groups is 1. The van der Waals surface area contributed by atoms with Crippen LogP contribution in [-0.4, -0.2) is 65.0 Å². The highest BCUT2D eigenvalue weighted by atomic mass is 16.6. The van der Waals surface area contributed by atoms with Crippen LogP contribution in [0.25, 0.3) is 0 Å². The van der Waals surface area contributed by atoms with E-state index in [4.69, 9.17) is 9.47 Å². The SMILES string of the molecule is CN(C(=O)OC(C)(C)C)[C@@H]1CN(C(=O)OCc2ccccc2)C[C@H]1O. The monoisotopic (exact) mass is 350 g/mol. The van der Waals surface area contributed by atoms with E-state index in [0.29, 0.717) is 0 Å². The van der Waals surface area contributed by atoms with E-state index < -0.39 is 29.9 Å². The van der Waals surface area contributed by atoms with E-state index in [1.165, 1.54) is 9.80 Å². The van der Waals surface area contributed by atoms with Gasteiger partial charge in [0.2, 0.25) is 0 Å². The predicted molar refractivity (Wildman–Crippen MR) is 92.0 cm³/mol. The number of likely N-dealkylation sites (tertiary alicyclic amines) is 1. The standard InChI is InChI=1S/C18H26N2O5/c1-18(2,3)25-16(22)19(4)14-10-20(11-15(14)21)17(23)24-12-13-8-6-5-7-9-13/h5-9,14-15,21H,10-12H2,1-4H3/t14-,15-/m1/s1. The Bertz CT molecular complexity index is 599. The first-order valence-electron chi connectivity index (χ1n) is 8.27. The molecule has 1 fully saturated rings. The van der Waals surface area contributed by atoms with Gasteiger partial charge in [-0.05, 0) is 26.3 Å². The molecule has 1 aromatic rings. The van der Waals surface area contributed by atoms with Gasteiger partial charge in [-0.15, -0.1) is 0 Å². The smallest absolute Gasteiger partial charge is 0.410 e. The highest BCUT2D eigenvalue weighted by Crippen LogP contribution is 2.19. The number of likely N-dealkylation sites (N-methyl/N-ethyl adjacent to an activating group) is 1. The van der Waals surface area contributed by atoms with Crippen molar-refractivity contribution >= 4 is 12.2 Å². The van der Waals surface area contributed by atoms with Crippen molar-refractivity contribution in [2.45, 2.75) is 45.1 Å². The minimum absolute atomic E-state index is 0.116. The molecule has 1 aliphatic heterocycles. The Morgan fingerprint density at radius 1 is 1.24 bits per heavy atom. The molecule has 1 aliphatic rings. The molecular weight excluding hydrogens is 324 g/mol. The summed E-state index contributed by atoms with van der Waals surface area (Å²) in [6.45, 7) is 5.81. The first-order chi connectivity index (χ1) is 11.7. The molecule has 0 bridgehead atoms. The number of benzene rings is 1. The normalized spacial score (nSPS) is 20.3. The summed E-state index contributed by atoms with van der Waals surface area (Å²) in [6.07, 6.45) is -1.89. The third kappa shape index (κ3) is 5.35. The van der Waals surface area contributed by atoms with Crippen molar-refractivity contribution in [3.63, 3.8) is 0 Å². The fourth-order valence-electron chi connectivity index (χ4n) is 2.58. The zero-order valence-electron chi connectivity index (χ0n) is 15.1. The number of nitrogens with zero attached hydrogens (tertiary/aromatic N) is 2. The maximum absolute atomic E-state index is 12.2. The lowest BCUT2D eigenvalue weighted by molar-refractivity contribution is 0.0111. The molecule has 0 saturated carbocycles. The fraction of sp³-hybridized carbons (Fsp3) is 0.556. The maximum atomic E-state index is 12.2. The molecule has 7 nitrogen and oxygen atoms in total. The Kier molecular flexibility index (Phi) is 5.89. The van der Waals surface area contributed by atoms with Crippen LogP contribution in [0, 0.1) is 0 Å². The molecule has 1 heterocycles. The average molecular weight is 350 g/mol. The second kappa shape index (κ2) is 7.74. The van der Waals surface area contributed by atoms with Crippen LogP contribution in [0.1, 0.15) is 26.3 Å². The maximum Gasteiger partial charge on any atom is 0.410 e. The van der Waals surface area contributed by atoms with Crippen molar-refractivity contribution in [3.8, 4) is 0 Å². The van der Waals surface area contributed by atoms with Crippen molar-refractivity contribution in [1.82, 2.24) is 9.80 Å². The van der Waals surface area contributed by atoms with Gasteiger partial charge in [-0.3, -0.25) is 0 Å². The summed E-state index contributed by atoms with van der Waals surface area (Å²) >= 11 is 0. The minimum Gasteiger partial charge on any atom is -0.445 e. The largest absolute Gasteiger partial charge is 0.445 e. The molecule has 1 saturated heterocycles. The molecule has 2 rings (SSSR count). The predicted octanol–water partition coefficient (Wildman–Crippen LogP) is 2.24. The Morgan fingerprint density at radius 2 is 1.88 bits per heavy atom. The minimum atomic E-state index is -0.846. The van der Waals surface area contributed by atoms with Gasteiger partial charge in [0.15, 0.2) is 0 Å². The van der Waals surface area contributed by atoms with Crippen molar-refractivity contribution in [2.24, 2.45) is 0 Å². The molecule has 7 heteroatoms. The number of carbonyl (C=O) groups is 2. The van der Waals surface area contributed by atoms with Crippen LogP contribution in [0.2, 0.25) is 0 Å². The molecule has 0 spiro atoms. The van der Waals surface area contributed by atoms with Gasteiger partial charge in [-0.25, -0.2) is 9.59 Å². The number of carbonyl (C=O) groups excluding carboxylic acids is 2. The van der Waals surface area contributed by atoms with E-state index in [2.05, 4.69) is 0 Å². The van der Waals surface area contributed by atoms with E-state index in [1.54, 1.807) is 27.8 Å². The number of hydrogen-bond donors (Lipinski definition) is 1. The lowest BCUT2D eigenvalue weighted by Gasteiger charge is -2.29. The fourth-order valence-corrected chi connectivity index (χ4v) is 2.58. The number of β-amino-alcohol motifs (C(OH)–C–C–N with tert-alkyl or cyclic N) is 1. The number of amides is 2. The van der Waals surface area contributed by atoms with Gasteiger partial charge in [0.25, 0.3) is 0 Å². The van der Waals surface area contributed by atoms with E-state index >= 15 is 0 Å². The van der Waals surface area contributed by atoms with Gasteiger partial charge in [-0.1, -0.05) is 30.3 Å². The molecule has 0 unspecified atom stereocenters. The van der Waals surface area contributed by atoms with Crippen molar-refractivity contribution in [2.75, 3.05) is 20.1 Å². The Labute approximate surface area is 148 Å². The quantitative estimate of drug-likeness (QED) is 0.904. The topological polar surface area (TPSA) is 79.3 Å². The molecule has 2 atom stereocenters. The van der Waals surface area contributed by atoms with Crippen molar-refractivity contribution < 1.29 is 24.2 Å². The zero-order valence-corrected chi connectivity index (χ0v) is 15.1. The van der Waals surface area contributed by atoms with E-state index in [9.17, 15) is 14.7 Å². The first-order valence-corrected chi connectivity index (χ1v) is 8.27. The van der Waals surface area contributed by atoms with Gasteiger partial charge in [0.1, 0.15) is 12.2 Å². The lowest BCUT2D eigenvalue weighted by Crippen LogP contribution is -2.46. The van der Waals surface area contributed by atoms with Gasteiger partial charge in [-0.2, -0.15) is 0 Å². The molecule has 0 aliphatic carbocycles. The van der Waals surface area contributed by atoms with Crippen LogP contribution in [0.3, 0.4) is 0 Å². The highest BCUT2D eigenvalue weighted by molar-refractivity contribution is 5.70. The molecule has 0 radical (unpaired) electrons. The average Bonchev–Trinajstić information content (AvgIpc) is 2.93. The van der Waals surface area contributed by atoms with Gasteiger partial charge < -0.3 is 24.4 Å². The van der Waals surface area contributed by atoms with Crippen LogP contribution < -0.4 is 0 Å². The van der Waals surface area contributed by atoms with Gasteiger partial charge >= 0.3 is 12.2 Å². The summed E-state index contributed by atoms with van der Waals surface area (Å²) in [6, 6.07) is 8.83. The lowest BCUT2D eigenvalue weighted by atomic mass is 10.2. The number of hydrogen-bond acceptors (Lipinski definition) is 5. The Hall–Kier alpha value is -2.28. The molecule has 1 aromatic carbocycles. The van der Waals surface area contributed by atoms with Crippen LogP contribution in [-0.2, 0) is 16.1 Å². The summed E-state index contributed by atoms with van der Waals surface area (Å²) in [5.74, 6) is 0. The number of ether oxygens (including phenoxy) is 2. The number of aliphatic hydroxyl groups excluding tert-OH is 1. The summed E-state index contributed by atoms with van der Waals surface area (Å²) in [7, 11) is 1.56. The molecular formula is C18H26N2O5. The van der Waals surface area contributed by atoms with E-state index in [0.717, 1.165) is 5.56 Å². The third-order valence-corrected chi connectivity index (χ3v) is 3.90. The second-order valence-corrected chi connectivity index (χ2v) is 7.17. The number of rotatable bonds is 3. The molecule has 2 amide bonds. The van der Waals surface area contributed by atoms with Crippen LogP contribution in [0.4, 0.5) is 9.59 Å². The molecule has 25 heavy (non-hydrogen) atoms.